The maximum atomic E-state index is 11.2. The molecule has 0 saturated heterocycles. The van der Waals surface area contributed by atoms with Crippen LogP contribution < -0.4 is 0 Å². The van der Waals surface area contributed by atoms with Crippen molar-refractivity contribution in [3.05, 3.63) is 0 Å². The topological polar surface area (TPSA) is 37.3 Å². The minimum Gasteiger partial charge on any atom is -0.479 e. The van der Waals surface area contributed by atoms with Crippen molar-refractivity contribution in [1.29, 1.82) is 0 Å². The van der Waals surface area contributed by atoms with Crippen LogP contribution in [-0.4, -0.2) is 29.5 Å². The molecule has 150 valence electrons. The number of halogens is 7. The fourth-order valence-electron chi connectivity index (χ4n) is 2.36. The van der Waals surface area contributed by atoms with E-state index in [2.05, 4.69) is 6.92 Å². The van der Waals surface area contributed by atoms with Crippen molar-refractivity contribution >= 4 is 87.2 Å². The molecule has 1 atom stereocenters. The van der Waals surface area contributed by atoms with Gasteiger partial charge in [0.15, 0.2) is 8.67 Å². The summed E-state index contributed by atoms with van der Waals surface area (Å²) in [6.07, 6.45) is 10.7. The lowest BCUT2D eigenvalue weighted by atomic mass is 10.0. The Labute approximate surface area is 185 Å². The molecule has 0 bridgehead atoms. The van der Waals surface area contributed by atoms with E-state index in [0.717, 1.165) is 19.3 Å². The maximum absolute atomic E-state index is 11.2. The number of alkyl halides is 7. The number of unbranched alkanes of at least 4 members (excludes halogenated alkanes) is 8. The van der Waals surface area contributed by atoms with E-state index in [-0.39, 0.29) is 0 Å². The fraction of sp³-hybridized carbons (Fsp3) is 0.938. The van der Waals surface area contributed by atoms with Gasteiger partial charge in [-0.1, -0.05) is 134 Å². The quantitative estimate of drug-likeness (QED) is 0.194. The van der Waals surface area contributed by atoms with Crippen LogP contribution >= 0.6 is 81.2 Å². The first-order chi connectivity index (χ1) is 11.4. The number of carboxylic acid groups (broad SMARTS) is 1. The summed E-state index contributed by atoms with van der Waals surface area (Å²) < 4.78 is -7.05. The molecule has 0 rings (SSSR count). The van der Waals surface area contributed by atoms with Crippen LogP contribution in [0.3, 0.4) is 0 Å². The van der Waals surface area contributed by atoms with E-state index in [1.807, 2.05) is 0 Å². The average Bonchev–Trinajstić information content (AvgIpc) is 2.52. The number of hydrogen-bond donors (Lipinski definition) is 1. The Hall–Kier alpha value is 1.50. The monoisotopic (exact) mass is 494 g/mol. The average molecular weight is 498 g/mol. The number of hydrogen-bond acceptors (Lipinski definition) is 1. The lowest BCUT2D eigenvalue weighted by molar-refractivity contribution is -0.138. The van der Waals surface area contributed by atoms with Gasteiger partial charge >= 0.3 is 5.97 Å². The highest BCUT2D eigenvalue weighted by Crippen LogP contribution is 2.57. The van der Waals surface area contributed by atoms with Crippen LogP contribution in [0.2, 0.25) is 0 Å². The number of carbonyl (C=O) groups is 1. The molecule has 0 amide bonds. The van der Waals surface area contributed by atoms with Gasteiger partial charge in [-0.2, -0.15) is 0 Å². The molecule has 0 aromatic rings. The molecule has 1 N–H and O–H groups in total. The minimum absolute atomic E-state index is 0.412. The van der Waals surface area contributed by atoms with E-state index >= 15 is 0 Å². The molecule has 0 heterocycles. The zero-order valence-electron chi connectivity index (χ0n) is 14.1. The van der Waals surface area contributed by atoms with E-state index in [1.165, 1.54) is 38.5 Å². The first-order valence-corrected chi connectivity index (χ1v) is 11.1. The van der Waals surface area contributed by atoms with Crippen LogP contribution in [0.5, 0.6) is 0 Å². The minimum atomic E-state index is -2.61. The van der Waals surface area contributed by atoms with E-state index in [0.29, 0.717) is 6.42 Å². The van der Waals surface area contributed by atoms with Crippen molar-refractivity contribution < 1.29 is 9.90 Å². The SMILES string of the molecule is CCCCCCCCCCCC(Cl)C(Cl)(Cl)C(Cl)(Cl)C(Cl)(Cl)C(=O)O. The summed E-state index contributed by atoms with van der Waals surface area (Å²) in [6, 6.07) is 0. The van der Waals surface area contributed by atoms with E-state index in [9.17, 15) is 4.79 Å². The van der Waals surface area contributed by atoms with Crippen LogP contribution in [0.4, 0.5) is 0 Å². The Kier molecular flexibility index (Phi) is 12.9. The summed E-state index contributed by atoms with van der Waals surface area (Å²) in [6.45, 7) is 2.20. The second-order valence-electron chi connectivity index (χ2n) is 6.16. The van der Waals surface area contributed by atoms with Crippen LogP contribution in [0.15, 0.2) is 0 Å². The molecule has 0 saturated carbocycles. The summed E-state index contributed by atoms with van der Waals surface area (Å²) in [5.74, 6) is -1.65. The Morgan fingerprint density at radius 3 is 1.64 bits per heavy atom. The molecule has 0 aliphatic carbocycles. The highest BCUT2D eigenvalue weighted by molar-refractivity contribution is 6.74. The van der Waals surface area contributed by atoms with Crippen LogP contribution in [0.25, 0.3) is 0 Å². The maximum Gasteiger partial charge on any atom is 0.343 e. The molecule has 25 heavy (non-hydrogen) atoms. The lowest BCUT2D eigenvalue weighted by Gasteiger charge is -2.40. The van der Waals surface area contributed by atoms with Crippen molar-refractivity contribution in [3.63, 3.8) is 0 Å². The highest BCUT2D eigenvalue weighted by atomic mass is 35.5. The van der Waals surface area contributed by atoms with Gasteiger partial charge < -0.3 is 5.11 Å². The molecule has 0 aliphatic rings. The third kappa shape index (κ3) is 7.80. The van der Waals surface area contributed by atoms with Crippen molar-refractivity contribution in [2.24, 2.45) is 0 Å². The van der Waals surface area contributed by atoms with Gasteiger partial charge in [0.2, 0.25) is 4.33 Å². The van der Waals surface area contributed by atoms with Gasteiger partial charge in [0, 0.05) is 0 Å². The molecule has 0 aliphatic heterocycles. The molecule has 0 aromatic carbocycles. The Balaban J connectivity index is 4.32. The molecular weight excluding hydrogens is 472 g/mol. The largest absolute Gasteiger partial charge is 0.479 e. The molecule has 0 radical (unpaired) electrons. The standard InChI is InChI=1S/C16H25Cl7O2/c1-2-3-4-5-6-7-8-9-10-11-12(17)14(18,19)16(22,23)15(20,21)13(24)25/h12H,2-11H2,1H3,(H,24,25). The second kappa shape index (κ2) is 12.1. The van der Waals surface area contributed by atoms with Crippen LogP contribution in [0, 0.1) is 0 Å². The molecule has 0 spiro atoms. The third-order valence-electron chi connectivity index (χ3n) is 4.04. The molecule has 9 heteroatoms. The number of carboxylic acids is 1. The van der Waals surface area contributed by atoms with E-state index in [4.69, 9.17) is 86.3 Å². The van der Waals surface area contributed by atoms with Gasteiger partial charge in [-0.25, -0.2) is 4.79 Å². The smallest absolute Gasteiger partial charge is 0.343 e. The van der Waals surface area contributed by atoms with Gasteiger partial charge in [-0.15, -0.1) is 11.6 Å². The lowest BCUT2D eigenvalue weighted by Crippen LogP contribution is -2.57. The van der Waals surface area contributed by atoms with E-state index in [1.54, 1.807) is 0 Å². The van der Waals surface area contributed by atoms with Crippen molar-refractivity contribution in [2.45, 2.75) is 89.5 Å². The number of rotatable bonds is 14. The summed E-state index contributed by atoms with van der Waals surface area (Å²) in [4.78, 5) is 11.2. The van der Waals surface area contributed by atoms with Crippen molar-refractivity contribution in [3.8, 4) is 0 Å². The third-order valence-corrected chi connectivity index (χ3v) is 8.73. The molecule has 0 fully saturated rings. The van der Waals surface area contributed by atoms with Gasteiger partial charge in [0.05, 0.1) is 5.38 Å². The zero-order valence-corrected chi connectivity index (χ0v) is 19.4. The van der Waals surface area contributed by atoms with Gasteiger partial charge in [0.1, 0.15) is 0 Å². The first kappa shape index (κ1) is 26.5. The van der Waals surface area contributed by atoms with Crippen LogP contribution in [0.1, 0.15) is 71.1 Å². The van der Waals surface area contributed by atoms with Gasteiger partial charge in [0.25, 0.3) is 0 Å². The molecule has 2 nitrogen and oxygen atoms in total. The Morgan fingerprint density at radius 1 is 0.840 bits per heavy atom. The normalized spacial score (nSPS) is 14.6. The molecule has 1 unspecified atom stereocenters. The highest BCUT2D eigenvalue weighted by Gasteiger charge is 2.66. The predicted molar refractivity (Wildman–Crippen MR) is 112 cm³/mol. The summed E-state index contributed by atoms with van der Waals surface area (Å²) in [5.41, 5.74) is 0. The fourth-order valence-corrected chi connectivity index (χ4v) is 4.20. The number of aliphatic carboxylic acids is 1. The molecular formula is C16H25Cl7O2. The summed E-state index contributed by atoms with van der Waals surface area (Å²) in [7, 11) is 0. The van der Waals surface area contributed by atoms with Crippen molar-refractivity contribution in [1.82, 2.24) is 0 Å². The second-order valence-corrected chi connectivity index (χ2v) is 10.7. The van der Waals surface area contributed by atoms with Crippen molar-refractivity contribution in [2.75, 3.05) is 0 Å². The van der Waals surface area contributed by atoms with Gasteiger partial charge in [-0.05, 0) is 6.42 Å². The summed E-state index contributed by atoms with van der Waals surface area (Å²) in [5, 5.41) is 8.17. The predicted octanol–water partition coefficient (Wildman–Crippen LogP) is 8.12. The molecule has 0 aromatic heterocycles. The Bertz CT molecular complexity index is 400. The van der Waals surface area contributed by atoms with E-state index < -0.39 is 24.3 Å². The van der Waals surface area contributed by atoms with Crippen LogP contribution in [-0.2, 0) is 4.79 Å². The first-order valence-electron chi connectivity index (χ1n) is 8.43. The Morgan fingerprint density at radius 2 is 1.24 bits per heavy atom. The zero-order chi connectivity index (χ0) is 19.7. The van der Waals surface area contributed by atoms with Gasteiger partial charge in [-0.3, -0.25) is 0 Å². The summed E-state index contributed by atoms with van der Waals surface area (Å²) >= 11 is 42.0.